The average Bonchev–Trinajstić information content (AvgIpc) is 4.05. The van der Waals surface area contributed by atoms with E-state index in [-0.39, 0.29) is 71.5 Å². The van der Waals surface area contributed by atoms with Crippen LogP contribution in [-0.2, 0) is 33.5 Å². The number of hydrogen-bond acceptors (Lipinski definition) is 13. The minimum Gasteiger partial charge on any atom is -0.504 e. The van der Waals surface area contributed by atoms with Crippen molar-refractivity contribution >= 4 is 22.8 Å². The highest BCUT2D eigenvalue weighted by Crippen LogP contribution is 2.58. The summed E-state index contributed by atoms with van der Waals surface area (Å²) in [6.07, 6.45) is 18.6. The van der Waals surface area contributed by atoms with Crippen LogP contribution in [0.15, 0.2) is 102 Å². The van der Waals surface area contributed by atoms with Crippen LogP contribution in [0.3, 0.4) is 0 Å². The molecule has 2 aliphatic carbocycles. The number of aromatic nitrogens is 3. The Balaban J connectivity index is 0.929. The number of phenolic OH excluding ortho intramolecular Hbond substituents is 3. The van der Waals surface area contributed by atoms with Gasteiger partial charge in [0.1, 0.15) is 18.4 Å². The first-order valence-electron chi connectivity index (χ1n) is 27.7. The van der Waals surface area contributed by atoms with E-state index in [1.807, 2.05) is 43.6 Å². The average molecular weight is 1050 g/mol. The standard InChI is InChI=1S/C60H71N9O8/c1-35(70)75-51-31-50(40-29-48(72)55(73)53(30-40)74-25-18-37-7-4-21-63-32-37)77-56-42(51)12-10-39-11-13-44-49(76-52-27-38(26-43(39)56)9-14-47(52)71)8-3-19-60(44)59(34-62-2)20-15-46-41-17-24-64-45(41)33-69(46)57(59)67-58(68-60)66-22-5-6-36-16-23-65-54(61)28-36/h4,7,9,14,16-17,21,24,27-30,32-33,39,42-44,49-51,56-57,62,64-65,71-73H,3,5-6,8,10,12,15,18-20,22-23,25-26,31,34,61H2,1-2H3,(H2,66,67,68). The molecule has 2 bridgehead atoms. The number of dihydropyridines is 1. The number of carbonyl (C=O) groups excluding carboxylic acids is 1. The molecule has 404 valence electrons. The number of fused-ring (bicyclic) bond motifs is 13. The molecule has 2 saturated carbocycles. The molecule has 17 heteroatoms. The Morgan fingerprint density at radius 1 is 1.06 bits per heavy atom. The third-order valence-electron chi connectivity index (χ3n) is 17.9. The van der Waals surface area contributed by atoms with Gasteiger partial charge in [-0.3, -0.25) is 14.8 Å². The van der Waals surface area contributed by atoms with Crippen LogP contribution in [-0.4, -0.2) is 98.9 Å². The minimum atomic E-state index is -0.662. The summed E-state index contributed by atoms with van der Waals surface area (Å²) in [5.41, 5.74) is 11.2. The molecular weight excluding hydrogens is 975 g/mol. The van der Waals surface area contributed by atoms with Crippen molar-refractivity contribution in [1.29, 1.82) is 0 Å². The predicted molar refractivity (Wildman–Crippen MR) is 291 cm³/mol. The van der Waals surface area contributed by atoms with Crippen molar-refractivity contribution in [3.05, 3.63) is 119 Å². The van der Waals surface area contributed by atoms with E-state index in [4.69, 9.17) is 29.7 Å². The normalized spacial score (nSPS) is 30.6. The highest BCUT2D eigenvalue weighted by atomic mass is 16.6. The lowest BCUT2D eigenvalue weighted by Gasteiger charge is -2.64. The maximum atomic E-state index is 12.9. The summed E-state index contributed by atoms with van der Waals surface area (Å²) < 4.78 is 29.3. The maximum absolute atomic E-state index is 12.9. The van der Waals surface area contributed by atoms with Gasteiger partial charge < -0.3 is 70.8 Å². The molecule has 5 aromatic rings. The number of H-pyrrole nitrogens is 1. The number of carbonyl (C=O) groups is 1. The minimum absolute atomic E-state index is 0.0698. The first kappa shape index (κ1) is 50.5. The van der Waals surface area contributed by atoms with Gasteiger partial charge >= 0.3 is 5.97 Å². The predicted octanol–water partition coefficient (Wildman–Crippen LogP) is 7.06. The molecule has 11 unspecified atom stereocenters. The number of rotatable bonds is 12. The molecule has 8 heterocycles. The molecule has 4 fully saturated rings. The Bertz CT molecular complexity index is 3180. The van der Waals surface area contributed by atoms with Gasteiger partial charge in [0.2, 0.25) is 5.75 Å². The van der Waals surface area contributed by atoms with Crippen LogP contribution in [0, 0.1) is 40.9 Å². The highest BCUT2D eigenvalue weighted by Gasteiger charge is 2.66. The van der Waals surface area contributed by atoms with Crippen LogP contribution in [0.5, 0.6) is 28.7 Å². The van der Waals surface area contributed by atoms with Crippen LogP contribution in [0.1, 0.15) is 99.4 Å². The molecule has 0 radical (unpaired) electrons. The van der Waals surface area contributed by atoms with Crippen molar-refractivity contribution in [2.24, 2.45) is 39.8 Å². The molecule has 12 rings (SSSR count). The number of allylic oxidation sites excluding steroid dienone is 2. The Kier molecular flexibility index (Phi) is 13.7. The Morgan fingerprint density at radius 3 is 2.82 bits per heavy atom. The summed E-state index contributed by atoms with van der Waals surface area (Å²) in [6, 6.07) is 14.9. The summed E-state index contributed by atoms with van der Waals surface area (Å²) in [4.78, 5) is 26.0. The molecule has 1 spiro atoms. The third-order valence-corrected chi connectivity index (χ3v) is 17.9. The van der Waals surface area contributed by atoms with E-state index in [0.717, 1.165) is 86.9 Å². The lowest BCUT2D eigenvalue weighted by Crippen LogP contribution is -2.79. The first-order chi connectivity index (χ1) is 37.5. The number of aliphatic imine (C=N–C) groups is 1. The number of benzene rings is 2. The van der Waals surface area contributed by atoms with Crippen LogP contribution in [0.2, 0.25) is 0 Å². The van der Waals surface area contributed by atoms with Crippen LogP contribution in [0.4, 0.5) is 0 Å². The lowest BCUT2D eigenvalue weighted by molar-refractivity contribution is -0.196. The molecule has 3 aromatic heterocycles. The van der Waals surface area contributed by atoms with E-state index in [9.17, 15) is 20.1 Å². The smallest absolute Gasteiger partial charge is 0.302 e. The number of aryl methyl sites for hydroxylation is 1. The van der Waals surface area contributed by atoms with Gasteiger partial charge in [0.15, 0.2) is 29.0 Å². The van der Waals surface area contributed by atoms with E-state index in [1.54, 1.807) is 24.5 Å². The Labute approximate surface area is 449 Å². The zero-order valence-corrected chi connectivity index (χ0v) is 43.9. The van der Waals surface area contributed by atoms with E-state index in [2.05, 4.69) is 66.0 Å². The summed E-state index contributed by atoms with van der Waals surface area (Å²) in [5.74, 6) is 8.20. The largest absolute Gasteiger partial charge is 0.504 e. The van der Waals surface area contributed by atoms with Crippen LogP contribution < -0.4 is 36.5 Å². The van der Waals surface area contributed by atoms with Gasteiger partial charge in [0.25, 0.3) is 0 Å². The van der Waals surface area contributed by atoms with E-state index < -0.39 is 29.3 Å². The number of esters is 1. The van der Waals surface area contributed by atoms with Gasteiger partial charge in [-0.05, 0) is 136 Å². The second kappa shape index (κ2) is 20.9. The fourth-order valence-electron chi connectivity index (χ4n) is 14.5. The highest BCUT2D eigenvalue weighted by molar-refractivity contribution is 5.85. The van der Waals surface area contributed by atoms with Gasteiger partial charge in [-0.15, -0.1) is 0 Å². The first-order valence-corrected chi connectivity index (χ1v) is 27.7. The summed E-state index contributed by atoms with van der Waals surface area (Å²) in [7, 11) is 2.04. The number of ether oxygens (including phenoxy) is 4. The van der Waals surface area contributed by atoms with Crippen molar-refractivity contribution in [3.63, 3.8) is 0 Å². The number of hydrogen-bond donors (Lipinski definition) is 9. The zero-order chi connectivity index (χ0) is 52.8. The Morgan fingerprint density at radius 2 is 1.97 bits per heavy atom. The number of nitrogens with two attached hydrogens (primary N) is 1. The van der Waals surface area contributed by atoms with Crippen LogP contribution in [0.25, 0.3) is 10.9 Å². The summed E-state index contributed by atoms with van der Waals surface area (Å²) in [5, 5.41) is 50.1. The van der Waals surface area contributed by atoms with Gasteiger partial charge in [-0.1, -0.05) is 30.0 Å². The summed E-state index contributed by atoms with van der Waals surface area (Å²) in [6.45, 7) is 3.68. The van der Waals surface area contributed by atoms with Crippen molar-refractivity contribution in [2.45, 2.75) is 120 Å². The van der Waals surface area contributed by atoms with Gasteiger partial charge in [-0.25, -0.2) is 0 Å². The van der Waals surface area contributed by atoms with Gasteiger partial charge in [0.05, 0.1) is 41.6 Å². The number of aromatic hydroxyl groups is 3. The number of nitrogens with one attached hydrogen (secondary N) is 5. The van der Waals surface area contributed by atoms with Crippen LogP contribution >= 0.6 is 0 Å². The fourth-order valence-corrected chi connectivity index (χ4v) is 14.5. The molecule has 11 atom stereocenters. The van der Waals surface area contributed by atoms with Gasteiger partial charge in [0, 0.05) is 98.4 Å². The molecular formula is C60H71N9O8. The second-order valence-corrected chi connectivity index (χ2v) is 22.4. The fraction of sp³-hybridized carbons (Fsp3) is 0.483. The van der Waals surface area contributed by atoms with Crippen molar-refractivity contribution in [3.8, 4) is 40.6 Å². The monoisotopic (exact) mass is 1050 g/mol. The molecule has 2 saturated heterocycles. The molecule has 77 heavy (non-hydrogen) atoms. The van der Waals surface area contributed by atoms with Crippen molar-refractivity contribution < 1.29 is 39.1 Å². The third kappa shape index (κ3) is 9.47. The SMILES string of the molecule is CNCC12CCc3c4cc[nH]c4cn3C1NC(=NCCCC1=CCNC(N)=C1)NC21CCCC2Oc3cc(ccc3O)CC3C(C#CC21)CCC1C(OC(C)=O)CC(c2cc(O)c(O)c(OCCc4cccnc4)c2)OC31. The van der Waals surface area contributed by atoms with Gasteiger partial charge in [-0.2, -0.15) is 0 Å². The van der Waals surface area contributed by atoms with Crippen molar-refractivity contribution in [1.82, 2.24) is 35.8 Å². The number of nitrogens with zero attached hydrogens (tertiary/aromatic N) is 3. The lowest BCUT2D eigenvalue weighted by atomic mass is 9.52. The quantitative estimate of drug-likeness (QED) is 0.0264. The number of pyridine rings is 1. The summed E-state index contributed by atoms with van der Waals surface area (Å²) >= 11 is 0. The molecule has 0 amide bonds. The number of guanidine groups is 1. The van der Waals surface area contributed by atoms with E-state index in [0.29, 0.717) is 49.5 Å². The Hall–Kier alpha value is -7.29. The molecule has 2 aromatic carbocycles. The second-order valence-electron chi connectivity index (χ2n) is 22.4. The van der Waals surface area contributed by atoms with E-state index in [1.165, 1.54) is 29.6 Å². The topological polar surface area (TPSA) is 235 Å². The zero-order valence-electron chi connectivity index (χ0n) is 43.9. The molecule has 17 nitrogen and oxygen atoms in total. The van der Waals surface area contributed by atoms with Crippen molar-refractivity contribution in [2.75, 3.05) is 33.3 Å². The molecule has 5 aliphatic heterocycles. The number of phenols is 3. The molecule has 7 aliphatic rings. The number of aromatic amines is 1. The van der Waals surface area contributed by atoms with E-state index >= 15 is 0 Å². The maximum Gasteiger partial charge on any atom is 0.302 e. The molecule has 10 N–H and O–H groups in total.